The lowest BCUT2D eigenvalue weighted by Crippen LogP contribution is -2.12. The van der Waals surface area contributed by atoms with Gasteiger partial charge in [0.05, 0.1) is 30.3 Å². The maximum atomic E-state index is 14.8. The van der Waals surface area contributed by atoms with Gasteiger partial charge in [0, 0.05) is 11.3 Å². The molecule has 0 saturated carbocycles. The Labute approximate surface area is 188 Å². The zero-order valence-corrected chi connectivity index (χ0v) is 18.0. The number of rotatable bonds is 6. The van der Waals surface area contributed by atoms with E-state index in [2.05, 4.69) is 16.9 Å². The number of ether oxygens (including phenoxy) is 1. The van der Waals surface area contributed by atoms with Gasteiger partial charge in [-0.1, -0.05) is 30.4 Å². The van der Waals surface area contributed by atoms with Crippen LogP contribution in [0.2, 0.25) is 0 Å². The zero-order valence-electron chi connectivity index (χ0n) is 18.0. The summed E-state index contributed by atoms with van der Waals surface area (Å²) in [5, 5.41) is 3.18. The molecule has 1 N–H and O–H groups in total. The molecule has 3 aromatic carbocycles. The summed E-state index contributed by atoms with van der Waals surface area (Å²) >= 11 is 0. The van der Waals surface area contributed by atoms with E-state index in [0.717, 1.165) is 17.2 Å². The van der Waals surface area contributed by atoms with Crippen molar-refractivity contribution in [3.8, 4) is 5.75 Å². The number of fused-ring (bicyclic) bond motifs is 1. The summed E-state index contributed by atoms with van der Waals surface area (Å²) in [7, 11) is 1.56. The molecule has 0 atom stereocenters. The summed E-state index contributed by atoms with van der Waals surface area (Å²) in [6.45, 7) is 5.67. The van der Waals surface area contributed by atoms with Crippen molar-refractivity contribution in [2.24, 2.45) is 0 Å². The number of hydrogen-bond acceptors (Lipinski definition) is 3. The lowest BCUT2D eigenvalue weighted by molar-refractivity contribution is -0.140. The van der Waals surface area contributed by atoms with Gasteiger partial charge in [0.25, 0.3) is 0 Å². The van der Waals surface area contributed by atoms with Crippen LogP contribution in [0.3, 0.4) is 0 Å². The molecule has 1 aromatic heterocycles. The van der Waals surface area contributed by atoms with E-state index in [1.807, 2.05) is 19.1 Å². The molecule has 0 unspecified atom stereocenters. The van der Waals surface area contributed by atoms with Gasteiger partial charge in [0.15, 0.2) is 0 Å². The number of allylic oxidation sites excluding steroid dienone is 1. The van der Waals surface area contributed by atoms with Gasteiger partial charge in [0.2, 0.25) is 5.95 Å². The number of nitrogens with zero attached hydrogens (tertiary/aromatic N) is 2. The zero-order chi connectivity index (χ0) is 23.8. The smallest absolute Gasteiger partial charge is 0.419 e. The molecule has 0 aliphatic heterocycles. The number of nitrogens with one attached hydrogen (secondary N) is 1. The summed E-state index contributed by atoms with van der Waals surface area (Å²) in [4.78, 5) is 4.63. The Bertz CT molecular complexity index is 1320. The third-order valence-electron chi connectivity index (χ3n) is 5.30. The molecule has 0 amide bonds. The van der Waals surface area contributed by atoms with Gasteiger partial charge >= 0.3 is 6.18 Å². The van der Waals surface area contributed by atoms with Gasteiger partial charge < -0.3 is 14.6 Å². The molecule has 0 fully saturated rings. The van der Waals surface area contributed by atoms with Crippen molar-refractivity contribution in [2.75, 3.05) is 12.4 Å². The van der Waals surface area contributed by atoms with Crippen molar-refractivity contribution in [2.45, 2.75) is 19.6 Å². The van der Waals surface area contributed by atoms with Crippen LogP contribution in [-0.2, 0) is 12.7 Å². The molecular weight excluding hydrogens is 434 g/mol. The van der Waals surface area contributed by atoms with Gasteiger partial charge in [-0.05, 0) is 55.0 Å². The second-order valence-electron chi connectivity index (χ2n) is 7.64. The predicted octanol–water partition coefficient (Wildman–Crippen LogP) is 7.03. The lowest BCUT2D eigenvalue weighted by Gasteiger charge is -2.14. The normalized spacial score (nSPS) is 11.6. The van der Waals surface area contributed by atoms with Crippen molar-refractivity contribution in [3.63, 3.8) is 0 Å². The van der Waals surface area contributed by atoms with E-state index >= 15 is 0 Å². The quantitative estimate of drug-likeness (QED) is 0.317. The minimum Gasteiger partial charge on any atom is -0.497 e. The molecule has 0 aliphatic carbocycles. The number of imidazole rings is 1. The van der Waals surface area contributed by atoms with Crippen molar-refractivity contribution in [1.82, 2.24) is 9.55 Å². The van der Waals surface area contributed by atoms with Crippen molar-refractivity contribution in [1.29, 1.82) is 0 Å². The molecule has 4 nitrogen and oxygen atoms in total. The van der Waals surface area contributed by atoms with Crippen LogP contribution >= 0.6 is 0 Å². The number of hydrogen-bond donors (Lipinski definition) is 1. The third-order valence-corrected chi connectivity index (χ3v) is 5.30. The van der Waals surface area contributed by atoms with Crippen molar-refractivity contribution < 1.29 is 22.3 Å². The number of benzene rings is 3. The average Bonchev–Trinajstić information content (AvgIpc) is 3.11. The maximum absolute atomic E-state index is 14.8. The first kappa shape index (κ1) is 22.4. The Hall–Kier alpha value is -3.81. The summed E-state index contributed by atoms with van der Waals surface area (Å²) in [5.74, 6) is -0.252. The number of methoxy groups -OCH3 is 1. The van der Waals surface area contributed by atoms with Crippen molar-refractivity contribution in [3.05, 3.63) is 89.8 Å². The van der Waals surface area contributed by atoms with E-state index in [9.17, 15) is 17.6 Å². The highest BCUT2D eigenvalue weighted by atomic mass is 19.4. The average molecular weight is 455 g/mol. The highest BCUT2D eigenvalue weighted by molar-refractivity contribution is 5.83. The van der Waals surface area contributed by atoms with Gasteiger partial charge in [-0.3, -0.25) is 0 Å². The van der Waals surface area contributed by atoms with E-state index in [1.165, 1.54) is 12.1 Å². The molecule has 0 spiro atoms. The van der Waals surface area contributed by atoms with Crippen molar-refractivity contribution >= 4 is 28.2 Å². The van der Waals surface area contributed by atoms with E-state index in [1.54, 1.807) is 42.0 Å². The van der Waals surface area contributed by atoms with E-state index in [4.69, 9.17) is 4.74 Å². The summed E-state index contributed by atoms with van der Waals surface area (Å²) in [5.41, 5.74) is 2.29. The lowest BCUT2D eigenvalue weighted by atomic mass is 10.1. The number of aromatic nitrogens is 2. The molecule has 33 heavy (non-hydrogen) atoms. The molecule has 0 bridgehead atoms. The molecular formula is C25H21F4N3O. The molecule has 4 aromatic rings. The number of anilines is 2. The molecule has 4 rings (SSSR count). The Morgan fingerprint density at radius 1 is 1.09 bits per heavy atom. The van der Waals surface area contributed by atoms with Crippen LogP contribution in [0.1, 0.15) is 23.6 Å². The van der Waals surface area contributed by atoms with E-state index in [-0.39, 0.29) is 12.1 Å². The largest absolute Gasteiger partial charge is 0.497 e. The fraction of sp³-hybridized carbons (Fsp3) is 0.160. The Balaban J connectivity index is 1.81. The van der Waals surface area contributed by atoms with E-state index in [0.29, 0.717) is 28.4 Å². The van der Waals surface area contributed by atoms with Crippen LogP contribution in [0.25, 0.3) is 16.6 Å². The highest BCUT2D eigenvalue weighted by Crippen LogP contribution is 2.34. The Morgan fingerprint density at radius 2 is 1.82 bits per heavy atom. The van der Waals surface area contributed by atoms with Gasteiger partial charge in [-0.25, -0.2) is 9.37 Å². The highest BCUT2D eigenvalue weighted by Gasteiger charge is 2.34. The number of alkyl halides is 3. The first-order valence-electron chi connectivity index (χ1n) is 10.1. The summed E-state index contributed by atoms with van der Waals surface area (Å²) in [6.07, 6.45) is -4.78. The Kier molecular flexibility index (Phi) is 5.84. The summed E-state index contributed by atoms with van der Waals surface area (Å²) in [6, 6.07) is 15.9. The third kappa shape index (κ3) is 4.55. The van der Waals surface area contributed by atoms with Crippen LogP contribution in [0, 0.1) is 5.82 Å². The fourth-order valence-corrected chi connectivity index (χ4v) is 3.55. The Morgan fingerprint density at radius 3 is 2.45 bits per heavy atom. The molecule has 0 aliphatic rings. The molecule has 1 heterocycles. The van der Waals surface area contributed by atoms with Gasteiger partial charge in [-0.2, -0.15) is 13.2 Å². The second-order valence-corrected chi connectivity index (χ2v) is 7.64. The monoisotopic (exact) mass is 455 g/mol. The number of halogens is 4. The minimum atomic E-state index is -4.78. The fourth-order valence-electron chi connectivity index (χ4n) is 3.55. The first-order chi connectivity index (χ1) is 15.7. The van der Waals surface area contributed by atoms with Gasteiger partial charge in [-0.15, -0.1) is 0 Å². The van der Waals surface area contributed by atoms with Crippen LogP contribution in [-0.4, -0.2) is 16.7 Å². The van der Waals surface area contributed by atoms with Crippen LogP contribution in [0.15, 0.2) is 67.2 Å². The van der Waals surface area contributed by atoms with Crippen LogP contribution < -0.4 is 10.1 Å². The SMILES string of the molecule is C=C(C)c1ccc2c(c1)nc(Nc1ccc(OC)cc1)n2Cc1cccc(C(F)(F)F)c1F. The molecule has 170 valence electrons. The van der Waals surface area contributed by atoms with Crippen LogP contribution in [0.4, 0.5) is 29.2 Å². The van der Waals surface area contributed by atoms with Gasteiger partial charge in [0.1, 0.15) is 11.6 Å². The maximum Gasteiger partial charge on any atom is 0.419 e. The first-order valence-corrected chi connectivity index (χ1v) is 10.1. The standard InChI is InChI=1S/C25H21F4N3O/c1-15(2)16-7-12-22-21(13-16)31-24(30-18-8-10-19(33-3)11-9-18)32(22)14-17-5-4-6-20(23(17)26)25(27,28)29/h4-13H,1,14H2,2-3H3,(H,30,31). The predicted molar refractivity (Wildman–Crippen MR) is 121 cm³/mol. The molecule has 0 radical (unpaired) electrons. The molecule has 8 heteroatoms. The second kappa shape index (κ2) is 8.61. The minimum absolute atomic E-state index is 0.0918. The van der Waals surface area contributed by atoms with Crippen LogP contribution in [0.5, 0.6) is 5.75 Å². The van der Waals surface area contributed by atoms with E-state index < -0.39 is 17.6 Å². The topological polar surface area (TPSA) is 39.1 Å². The molecule has 0 saturated heterocycles. The summed E-state index contributed by atoms with van der Waals surface area (Å²) < 4.78 is 61.3.